The second-order valence-corrected chi connectivity index (χ2v) is 5.07. The highest BCUT2D eigenvalue weighted by Crippen LogP contribution is 2.35. The summed E-state index contributed by atoms with van der Waals surface area (Å²) in [4.78, 5) is 0. The summed E-state index contributed by atoms with van der Waals surface area (Å²) in [7, 11) is 0. The van der Waals surface area contributed by atoms with E-state index in [1.165, 1.54) is 32.1 Å². The molecule has 0 amide bonds. The first kappa shape index (κ1) is 14.0. The zero-order chi connectivity index (χ0) is 11.0. The van der Waals surface area contributed by atoms with Gasteiger partial charge < -0.3 is 5.11 Å². The van der Waals surface area contributed by atoms with Crippen molar-refractivity contribution >= 4 is 0 Å². The first-order valence-corrected chi connectivity index (χ1v) is 6.21. The summed E-state index contributed by atoms with van der Waals surface area (Å²) in [6.07, 6.45) is 7.34. The minimum atomic E-state index is 0.212. The third-order valence-corrected chi connectivity index (χ3v) is 3.24. The first-order chi connectivity index (χ1) is 6.60. The van der Waals surface area contributed by atoms with E-state index in [2.05, 4.69) is 27.7 Å². The van der Waals surface area contributed by atoms with Gasteiger partial charge in [-0.2, -0.15) is 0 Å². The van der Waals surface area contributed by atoms with Crippen LogP contribution in [-0.2, 0) is 0 Å². The van der Waals surface area contributed by atoms with Crippen LogP contribution in [0.15, 0.2) is 0 Å². The maximum absolute atomic E-state index is 9.52. The van der Waals surface area contributed by atoms with Gasteiger partial charge in [0.15, 0.2) is 0 Å². The first-order valence-electron chi connectivity index (χ1n) is 6.21. The van der Waals surface area contributed by atoms with Crippen LogP contribution < -0.4 is 0 Å². The lowest BCUT2D eigenvalue weighted by molar-refractivity contribution is 0.0837. The monoisotopic (exact) mass is 200 g/mol. The Labute approximate surface area is 89.9 Å². The van der Waals surface area contributed by atoms with Gasteiger partial charge in [0.05, 0.1) is 0 Å². The van der Waals surface area contributed by atoms with Crippen LogP contribution in [0, 0.1) is 11.3 Å². The molecule has 14 heavy (non-hydrogen) atoms. The third kappa shape index (κ3) is 4.99. The minimum absolute atomic E-state index is 0.212. The summed E-state index contributed by atoms with van der Waals surface area (Å²) in [6.45, 7) is 9.31. The number of aliphatic hydroxyl groups excluding tert-OH is 1. The molecule has 0 saturated carbocycles. The van der Waals surface area contributed by atoms with E-state index in [-0.39, 0.29) is 5.41 Å². The molecule has 0 aromatic heterocycles. The fraction of sp³-hybridized carbons (Fsp3) is 1.00. The molecule has 0 aromatic carbocycles. The fourth-order valence-corrected chi connectivity index (χ4v) is 2.29. The van der Waals surface area contributed by atoms with E-state index in [1.807, 2.05) is 0 Å². The zero-order valence-corrected chi connectivity index (χ0v) is 10.5. The van der Waals surface area contributed by atoms with E-state index in [1.54, 1.807) is 0 Å². The van der Waals surface area contributed by atoms with Gasteiger partial charge in [0, 0.05) is 6.61 Å². The number of hydrogen-bond donors (Lipinski definition) is 1. The molecule has 1 atom stereocenters. The van der Waals surface area contributed by atoms with E-state index < -0.39 is 0 Å². The van der Waals surface area contributed by atoms with Crippen molar-refractivity contribution in [2.24, 2.45) is 11.3 Å². The lowest BCUT2D eigenvalue weighted by Gasteiger charge is -2.32. The lowest BCUT2D eigenvalue weighted by atomic mass is 9.75. The molecule has 0 fully saturated rings. The Balaban J connectivity index is 4.07. The van der Waals surface area contributed by atoms with Crippen molar-refractivity contribution in [1.29, 1.82) is 0 Å². The molecule has 1 unspecified atom stereocenters. The fourth-order valence-electron chi connectivity index (χ4n) is 2.29. The molecule has 1 nitrogen and oxygen atoms in total. The summed E-state index contributed by atoms with van der Waals surface area (Å²) in [5, 5.41) is 9.52. The van der Waals surface area contributed by atoms with Crippen molar-refractivity contribution in [2.45, 2.75) is 66.2 Å². The minimum Gasteiger partial charge on any atom is -0.396 e. The van der Waals surface area contributed by atoms with Crippen LogP contribution in [0.1, 0.15) is 66.2 Å². The Morgan fingerprint density at radius 3 is 2.14 bits per heavy atom. The van der Waals surface area contributed by atoms with Crippen molar-refractivity contribution in [2.75, 3.05) is 6.61 Å². The molecule has 0 bridgehead atoms. The number of unbranched alkanes of at least 4 members (excludes halogenated alkanes) is 2. The van der Waals surface area contributed by atoms with Gasteiger partial charge in [0.2, 0.25) is 0 Å². The Kier molecular flexibility index (Phi) is 7.26. The van der Waals surface area contributed by atoms with E-state index in [9.17, 15) is 5.11 Å². The van der Waals surface area contributed by atoms with Gasteiger partial charge in [-0.1, -0.05) is 47.0 Å². The standard InChI is InChI=1S/C13H28O/c1-5-7-8-9-13(6-2,11-14)10-12(3)4/h12,14H,5-11H2,1-4H3. The van der Waals surface area contributed by atoms with Gasteiger partial charge in [-0.3, -0.25) is 0 Å². The predicted octanol–water partition coefficient (Wildman–Crippen LogP) is 4.00. The lowest BCUT2D eigenvalue weighted by Crippen LogP contribution is -2.26. The largest absolute Gasteiger partial charge is 0.396 e. The average molecular weight is 200 g/mol. The van der Waals surface area contributed by atoms with E-state index in [4.69, 9.17) is 0 Å². The molecule has 1 heteroatoms. The SMILES string of the molecule is CCCCCC(CC)(CO)CC(C)C. The molecule has 0 aromatic rings. The normalized spacial score (nSPS) is 15.9. The van der Waals surface area contributed by atoms with Gasteiger partial charge in [-0.15, -0.1) is 0 Å². The van der Waals surface area contributed by atoms with Crippen LogP contribution in [0.2, 0.25) is 0 Å². The highest BCUT2D eigenvalue weighted by molar-refractivity contribution is 4.78. The number of aliphatic hydroxyl groups is 1. The summed E-state index contributed by atoms with van der Waals surface area (Å²) in [5.74, 6) is 0.698. The molecule has 0 aliphatic rings. The predicted molar refractivity (Wildman–Crippen MR) is 63.4 cm³/mol. The third-order valence-electron chi connectivity index (χ3n) is 3.24. The van der Waals surface area contributed by atoms with Crippen LogP contribution in [0.4, 0.5) is 0 Å². The van der Waals surface area contributed by atoms with Crippen LogP contribution >= 0.6 is 0 Å². The van der Waals surface area contributed by atoms with Gasteiger partial charge in [-0.25, -0.2) is 0 Å². The molecule has 0 rings (SSSR count). The maximum atomic E-state index is 9.52. The van der Waals surface area contributed by atoms with Gasteiger partial charge in [0.1, 0.15) is 0 Å². The second kappa shape index (κ2) is 7.28. The maximum Gasteiger partial charge on any atom is 0.0487 e. The Morgan fingerprint density at radius 1 is 1.14 bits per heavy atom. The average Bonchev–Trinajstić information content (AvgIpc) is 2.16. The van der Waals surface area contributed by atoms with Crippen LogP contribution in [0.25, 0.3) is 0 Å². The quantitative estimate of drug-likeness (QED) is 0.587. The van der Waals surface area contributed by atoms with E-state index >= 15 is 0 Å². The van der Waals surface area contributed by atoms with Gasteiger partial charge in [-0.05, 0) is 30.6 Å². The van der Waals surface area contributed by atoms with Crippen molar-refractivity contribution in [1.82, 2.24) is 0 Å². The molecule has 0 radical (unpaired) electrons. The zero-order valence-electron chi connectivity index (χ0n) is 10.5. The van der Waals surface area contributed by atoms with Crippen molar-refractivity contribution in [3.8, 4) is 0 Å². The van der Waals surface area contributed by atoms with E-state index in [0.717, 1.165) is 6.42 Å². The highest BCUT2D eigenvalue weighted by atomic mass is 16.3. The smallest absolute Gasteiger partial charge is 0.0487 e. The van der Waals surface area contributed by atoms with Crippen molar-refractivity contribution in [3.05, 3.63) is 0 Å². The molecular weight excluding hydrogens is 172 g/mol. The van der Waals surface area contributed by atoms with Crippen molar-refractivity contribution in [3.63, 3.8) is 0 Å². The highest BCUT2D eigenvalue weighted by Gasteiger charge is 2.27. The molecule has 0 heterocycles. The van der Waals surface area contributed by atoms with Gasteiger partial charge in [0.25, 0.3) is 0 Å². The van der Waals surface area contributed by atoms with Crippen LogP contribution in [-0.4, -0.2) is 11.7 Å². The van der Waals surface area contributed by atoms with Gasteiger partial charge >= 0.3 is 0 Å². The Bertz CT molecular complexity index is 125. The summed E-state index contributed by atoms with van der Waals surface area (Å²) in [6, 6.07) is 0. The molecule has 0 saturated heterocycles. The van der Waals surface area contributed by atoms with Crippen LogP contribution in [0.5, 0.6) is 0 Å². The summed E-state index contributed by atoms with van der Waals surface area (Å²) < 4.78 is 0. The molecule has 0 spiro atoms. The topological polar surface area (TPSA) is 20.2 Å². The summed E-state index contributed by atoms with van der Waals surface area (Å²) in [5.41, 5.74) is 0.212. The van der Waals surface area contributed by atoms with E-state index in [0.29, 0.717) is 12.5 Å². The second-order valence-electron chi connectivity index (χ2n) is 5.07. The summed E-state index contributed by atoms with van der Waals surface area (Å²) >= 11 is 0. The molecule has 86 valence electrons. The molecular formula is C13H28O. The number of rotatable bonds is 8. The Hall–Kier alpha value is -0.0400. The Morgan fingerprint density at radius 2 is 1.79 bits per heavy atom. The van der Waals surface area contributed by atoms with Crippen LogP contribution in [0.3, 0.4) is 0 Å². The van der Waals surface area contributed by atoms with Crippen molar-refractivity contribution < 1.29 is 5.11 Å². The molecule has 1 N–H and O–H groups in total. The number of hydrogen-bond acceptors (Lipinski definition) is 1. The molecule has 0 aliphatic carbocycles. The molecule has 0 aliphatic heterocycles.